The second-order valence-electron chi connectivity index (χ2n) is 4.80. The maximum absolute atomic E-state index is 4.55. The van der Waals surface area contributed by atoms with Crippen LogP contribution in [0.3, 0.4) is 0 Å². The lowest BCUT2D eigenvalue weighted by molar-refractivity contribution is 0.569. The predicted molar refractivity (Wildman–Crippen MR) is 86.0 cm³/mol. The van der Waals surface area contributed by atoms with Crippen LogP contribution in [0.4, 0.5) is 0 Å². The fourth-order valence-electron chi connectivity index (χ4n) is 2.56. The third-order valence-corrected chi connectivity index (χ3v) is 4.05. The second-order valence-corrected chi connectivity index (χ2v) is 5.55. The maximum atomic E-state index is 4.55. The second kappa shape index (κ2) is 5.91. The van der Waals surface area contributed by atoms with Gasteiger partial charge in [-0.1, -0.05) is 36.4 Å². The molecule has 0 bridgehead atoms. The molecule has 0 radical (unpaired) electrons. The summed E-state index contributed by atoms with van der Waals surface area (Å²) in [6.07, 6.45) is 1.82. The van der Waals surface area contributed by atoms with Gasteiger partial charge in [0.1, 0.15) is 0 Å². The third kappa shape index (κ3) is 2.56. The van der Waals surface area contributed by atoms with Crippen LogP contribution in [-0.4, -0.2) is 26.5 Å². The molecule has 6 heteroatoms. The van der Waals surface area contributed by atoms with E-state index in [1.54, 1.807) is 4.68 Å². The highest BCUT2D eigenvalue weighted by Crippen LogP contribution is 2.30. The van der Waals surface area contributed by atoms with Gasteiger partial charge in [0.05, 0.1) is 17.3 Å². The highest BCUT2D eigenvalue weighted by molar-refractivity contribution is 9.10. The van der Waals surface area contributed by atoms with E-state index in [4.69, 9.17) is 0 Å². The number of para-hydroxylation sites is 1. The molecular formula is C15H16BrN5. The largest absolute Gasteiger partial charge is 0.305 e. The van der Waals surface area contributed by atoms with Crippen molar-refractivity contribution in [3.05, 3.63) is 52.4 Å². The number of halogens is 1. The summed E-state index contributed by atoms with van der Waals surface area (Å²) in [5.41, 5.74) is 3.12. The molecule has 0 aliphatic carbocycles. The van der Waals surface area contributed by atoms with Gasteiger partial charge in [-0.2, -0.15) is 0 Å². The van der Waals surface area contributed by atoms with Gasteiger partial charge in [-0.25, -0.2) is 4.68 Å². The first-order valence-electron chi connectivity index (χ1n) is 6.84. The zero-order valence-electron chi connectivity index (χ0n) is 11.9. The van der Waals surface area contributed by atoms with E-state index in [9.17, 15) is 0 Å². The monoisotopic (exact) mass is 345 g/mol. The fraction of sp³-hybridized carbons (Fsp3) is 0.267. The molecule has 5 nitrogen and oxygen atoms in total. The Morgan fingerprint density at radius 3 is 2.81 bits per heavy atom. The van der Waals surface area contributed by atoms with Gasteiger partial charge >= 0.3 is 0 Å². The van der Waals surface area contributed by atoms with Crippen LogP contribution >= 0.6 is 15.9 Å². The first-order valence-corrected chi connectivity index (χ1v) is 7.63. The summed E-state index contributed by atoms with van der Waals surface area (Å²) >= 11 is 3.49. The highest BCUT2D eigenvalue weighted by Gasteiger charge is 2.23. The van der Waals surface area contributed by atoms with Crippen molar-refractivity contribution >= 4 is 26.8 Å². The zero-order valence-corrected chi connectivity index (χ0v) is 13.5. The number of hydrogen-bond donors (Lipinski definition) is 1. The minimum Gasteiger partial charge on any atom is -0.305 e. The summed E-state index contributed by atoms with van der Waals surface area (Å²) in [6.45, 7) is 2.93. The van der Waals surface area contributed by atoms with Gasteiger partial charge in [0, 0.05) is 24.2 Å². The summed E-state index contributed by atoms with van der Waals surface area (Å²) < 4.78 is 2.54. The molecule has 0 aliphatic rings. The van der Waals surface area contributed by atoms with E-state index in [2.05, 4.69) is 67.7 Å². The minimum atomic E-state index is -0.0111. The van der Waals surface area contributed by atoms with E-state index in [1.807, 2.05) is 19.3 Å². The molecule has 1 atom stereocenters. The van der Waals surface area contributed by atoms with Gasteiger partial charge < -0.3 is 5.32 Å². The standard InChI is InChI=1S/C15H16BrN5/c1-3-17-13(14-15(16)19-20-21(14)2)11-8-4-6-10-7-5-9-18-12(10)11/h4-9,13,17H,3H2,1-2H3. The molecule has 1 unspecified atom stereocenters. The molecule has 21 heavy (non-hydrogen) atoms. The summed E-state index contributed by atoms with van der Waals surface area (Å²) in [6, 6.07) is 10.2. The van der Waals surface area contributed by atoms with Gasteiger partial charge in [0.2, 0.25) is 0 Å². The van der Waals surface area contributed by atoms with Crippen LogP contribution in [0.1, 0.15) is 24.2 Å². The molecule has 0 amide bonds. The average Bonchev–Trinajstić information content (AvgIpc) is 2.84. The van der Waals surface area contributed by atoms with Crippen molar-refractivity contribution in [2.75, 3.05) is 6.54 Å². The number of nitrogens with one attached hydrogen (secondary N) is 1. The Kier molecular flexibility index (Phi) is 3.98. The van der Waals surface area contributed by atoms with Crippen molar-refractivity contribution in [3.8, 4) is 0 Å². The van der Waals surface area contributed by atoms with Crippen molar-refractivity contribution in [2.24, 2.45) is 7.05 Å². The van der Waals surface area contributed by atoms with Gasteiger partial charge in [-0.05, 0) is 28.5 Å². The molecule has 3 aromatic rings. The Morgan fingerprint density at radius 1 is 1.29 bits per heavy atom. The summed E-state index contributed by atoms with van der Waals surface area (Å²) in [5, 5.41) is 12.8. The van der Waals surface area contributed by atoms with Gasteiger partial charge in [-0.15, -0.1) is 5.10 Å². The molecule has 2 aromatic heterocycles. The topological polar surface area (TPSA) is 55.6 Å². The number of aryl methyl sites for hydroxylation is 1. The quantitative estimate of drug-likeness (QED) is 0.789. The van der Waals surface area contributed by atoms with Gasteiger partial charge in [-0.3, -0.25) is 4.98 Å². The summed E-state index contributed by atoms with van der Waals surface area (Å²) in [4.78, 5) is 4.55. The number of rotatable bonds is 4. The first-order chi connectivity index (χ1) is 10.2. The van der Waals surface area contributed by atoms with Crippen LogP contribution in [0.5, 0.6) is 0 Å². The van der Waals surface area contributed by atoms with Crippen molar-refractivity contribution in [1.29, 1.82) is 0 Å². The molecular weight excluding hydrogens is 330 g/mol. The predicted octanol–water partition coefficient (Wildman–Crippen LogP) is 2.82. The highest BCUT2D eigenvalue weighted by atomic mass is 79.9. The number of fused-ring (bicyclic) bond motifs is 1. The van der Waals surface area contributed by atoms with Crippen LogP contribution in [0, 0.1) is 0 Å². The van der Waals surface area contributed by atoms with Crippen molar-refractivity contribution in [1.82, 2.24) is 25.3 Å². The minimum absolute atomic E-state index is 0.0111. The van der Waals surface area contributed by atoms with Crippen LogP contribution in [0.15, 0.2) is 41.1 Å². The third-order valence-electron chi connectivity index (χ3n) is 3.48. The average molecular weight is 346 g/mol. The molecule has 1 aromatic carbocycles. The SMILES string of the molecule is CCNC(c1cccc2cccnc12)c1c(Br)nnn1C. The number of aromatic nitrogens is 4. The lowest BCUT2D eigenvalue weighted by Crippen LogP contribution is -2.25. The molecule has 0 saturated heterocycles. The Hall–Kier alpha value is -1.79. The number of nitrogens with zero attached hydrogens (tertiary/aromatic N) is 4. The molecule has 0 fully saturated rings. The number of pyridine rings is 1. The summed E-state index contributed by atoms with van der Waals surface area (Å²) in [7, 11) is 1.90. The van der Waals surface area contributed by atoms with Crippen molar-refractivity contribution in [2.45, 2.75) is 13.0 Å². The van der Waals surface area contributed by atoms with E-state index in [0.717, 1.165) is 33.3 Å². The lowest BCUT2D eigenvalue weighted by Gasteiger charge is -2.20. The van der Waals surface area contributed by atoms with E-state index in [-0.39, 0.29) is 6.04 Å². The Bertz CT molecular complexity index is 743. The maximum Gasteiger partial charge on any atom is 0.153 e. The molecule has 0 spiro atoms. The van der Waals surface area contributed by atoms with Crippen molar-refractivity contribution < 1.29 is 0 Å². The molecule has 2 heterocycles. The Balaban J connectivity index is 2.21. The lowest BCUT2D eigenvalue weighted by atomic mass is 10.0. The number of hydrogen-bond acceptors (Lipinski definition) is 4. The van der Waals surface area contributed by atoms with Gasteiger partial charge in [0.25, 0.3) is 0 Å². The molecule has 0 saturated carbocycles. The Morgan fingerprint density at radius 2 is 2.10 bits per heavy atom. The van der Waals surface area contributed by atoms with Crippen LogP contribution in [0.25, 0.3) is 10.9 Å². The zero-order chi connectivity index (χ0) is 14.8. The van der Waals surface area contributed by atoms with E-state index < -0.39 is 0 Å². The van der Waals surface area contributed by atoms with E-state index in [0.29, 0.717) is 0 Å². The molecule has 1 N–H and O–H groups in total. The molecule has 108 valence electrons. The normalized spacial score (nSPS) is 12.7. The van der Waals surface area contributed by atoms with Gasteiger partial charge in [0.15, 0.2) is 4.60 Å². The summed E-state index contributed by atoms with van der Waals surface area (Å²) in [5.74, 6) is 0. The van der Waals surface area contributed by atoms with Crippen LogP contribution in [0.2, 0.25) is 0 Å². The van der Waals surface area contributed by atoms with Crippen LogP contribution < -0.4 is 5.32 Å². The first kappa shape index (κ1) is 14.2. The fourth-order valence-corrected chi connectivity index (χ4v) is 3.12. The smallest absolute Gasteiger partial charge is 0.153 e. The van der Waals surface area contributed by atoms with E-state index in [1.165, 1.54) is 0 Å². The molecule has 0 aliphatic heterocycles. The molecule has 3 rings (SSSR count). The van der Waals surface area contributed by atoms with Crippen molar-refractivity contribution in [3.63, 3.8) is 0 Å². The van der Waals surface area contributed by atoms with Crippen LogP contribution in [-0.2, 0) is 7.05 Å². The Labute approximate surface area is 131 Å². The van der Waals surface area contributed by atoms with E-state index >= 15 is 0 Å². The number of benzene rings is 1.